The summed E-state index contributed by atoms with van der Waals surface area (Å²) < 4.78 is 2.44. The monoisotopic (exact) mass is 321 g/mol. The van der Waals surface area contributed by atoms with Gasteiger partial charge in [-0.1, -0.05) is 25.5 Å². The van der Waals surface area contributed by atoms with E-state index < -0.39 is 5.97 Å². The Morgan fingerprint density at radius 3 is 2.58 bits per heavy atom. The molecule has 1 aromatic carbocycles. The third-order valence-corrected chi connectivity index (χ3v) is 3.47. The molecule has 0 aliphatic heterocycles. The third kappa shape index (κ3) is 3.26. The maximum atomic E-state index is 11.2. The molecule has 0 radical (unpaired) electrons. The van der Waals surface area contributed by atoms with Gasteiger partial charge in [-0.3, -0.25) is 0 Å². The predicted octanol–water partition coefficient (Wildman–Crippen LogP) is 4.28. The van der Waals surface area contributed by atoms with Crippen LogP contribution in [0.5, 0.6) is 0 Å². The van der Waals surface area contributed by atoms with Crippen LogP contribution in [-0.4, -0.2) is 15.6 Å². The SMILES string of the molecule is CCCCc1ccc(-n2cc(Br)cc2C(=O)O)cc1. The molecule has 1 heterocycles. The van der Waals surface area contributed by atoms with Crippen LogP contribution in [0.25, 0.3) is 5.69 Å². The zero-order valence-corrected chi connectivity index (χ0v) is 12.4. The van der Waals surface area contributed by atoms with Crippen LogP contribution in [0.15, 0.2) is 41.0 Å². The lowest BCUT2D eigenvalue weighted by Crippen LogP contribution is -2.05. The molecule has 0 unspecified atom stereocenters. The van der Waals surface area contributed by atoms with Crippen molar-refractivity contribution in [1.29, 1.82) is 0 Å². The van der Waals surface area contributed by atoms with Gasteiger partial charge in [-0.25, -0.2) is 4.79 Å². The molecule has 1 N–H and O–H groups in total. The van der Waals surface area contributed by atoms with E-state index in [4.69, 9.17) is 5.11 Å². The Kier molecular flexibility index (Phi) is 4.43. The Bertz CT molecular complexity index is 572. The lowest BCUT2D eigenvalue weighted by Gasteiger charge is -2.07. The van der Waals surface area contributed by atoms with Gasteiger partial charge in [0.25, 0.3) is 0 Å². The summed E-state index contributed by atoms with van der Waals surface area (Å²) >= 11 is 3.31. The zero-order valence-electron chi connectivity index (χ0n) is 10.8. The highest BCUT2D eigenvalue weighted by molar-refractivity contribution is 9.10. The van der Waals surface area contributed by atoms with Gasteiger partial charge in [0.05, 0.1) is 0 Å². The van der Waals surface area contributed by atoms with Crippen molar-refractivity contribution in [2.75, 3.05) is 0 Å². The van der Waals surface area contributed by atoms with E-state index in [1.54, 1.807) is 16.8 Å². The summed E-state index contributed by atoms with van der Waals surface area (Å²) in [6, 6.07) is 9.65. The summed E-state index contributed by atoms with van der Waals surface area (Å²) in [5, 5.41) is 9.17. The lowest BCUT2D eigenvalue weighted by atomic mass is 10.1. The molecule has 100 valence electrons. The van der Waals surface area contributed by atoms with E-state index in [1.807, 2.05) is 12.1 Å². The average molecular weight is 322 g/mol. The number of carbonyl (C=O) groups is 1. The molecule has 1 aromatic heterocycles. The molecule has 0 aliphatic rings. The van der Waals surface area contributed by atoms with Crippen LogP contribution >= 0.6 is 15.9 Å². The number of aryl methyl sites for hydroxylation is 1. The van der Waals surface area contributed by atoms with Crippen LogP contribution in [0.3, 0.4) is 0 Å². The normalized spacial score (nSPS) is 10.6. The Morgan fingerprint density at radius 2 is 2.00 bits per heavy atom. The number of hydrogen-bond acceptors (Lipinski definition) is 1. The molecular weight excluding hydrogens is 306 g/mol. The summed E-state index contributed by atoms with van der Waals surface area (Å²) in [4.78, 5) is 11.2. The topological polar surface area (TPSA) is 42.2 Å². The molecular formula is C15H16BrNO2. The summed E-state index contributed by atoms with van der Waals surface area (Å²) in [6.45, 7) is 2.17. The van der Waals surface area contributed by atoms with Gasteiger partial charge in [-0.15, -0.1) is 0 Å². The van der Waals surface area contributed by atoms with E-state index in [9.17, 15) is 4.79 Å². The molecule has 0 bridgehead atoms. The number of aromatic nitrogens is 1. The number of rotatable bonds is 5. The molecule has 0 fully saturated rings. The summed E-state index contributed by atoms with van der Waals surface area (Å²) in [5.74, 6) is -0.930. The predicted molar refractivity (Wildman–Crippen MR) is 79.0 cm³/mol. The van der Waals surface area contributed by atoms with Crippen molar-refractivity contribution in [3.05, 3.63) is 52.3 Å². The molecule has 0 aliphatic carbocycles. The molecule has 2 rings (SSSR count). The number of benzene rings is 1. The van der Waals surface area contributed by atoms with Gasteiger partial charge < -0.3 is 9.67 Å². The second kappa shape index (κ2) is 6.06. The molecule has 19 heavy (non-hydrogen) atoms. The first-order valence-corrected chi connectivity index (χ1v) is 7.11. The maximum Gasteiger partial charge on any atom is 0.352 e. The highest BCUT2D eigenvalue weighted by Crippen LogP contribution is 2.20. The number of nitrogens with zero attached hydrogens (tertiary/aromatic N) is 1. The van der Waals surface area contributed by atoms with E-state index in [1.165, 1.54) is 18.4 Å². The first-order valence-electron chi connectivity index (χ1n) is 6.32. The van der Waals surface area contributed by atoms with Gasteiger partial charge in [0.15, 0.2) is 0 Å². The van der Waals surface area contributed by atoms with Crippen molar-refractivity contribution in [2.24, 2.45) is 0 Å². The van der Waals surface area contributed by atoms with E-state index in [0.717, 1.165) is 16.6 Å². The van der Waals surface area contributed by atoms with Gasteiger partial charge in [0, 0.05) is 16.4 Å². The maximum absolute atomic E-state index is 11.2. The van der Waals surface area contributed by atoms with Crippen LogP contribution in [0, 0.1) is 0 Å². The molecule has 2 aromatic rings. The number of carboxylic acid groups (broad SMARTS) is 1. The lowest BCUT2D eigenvalue weighted by molar-refractivity contribution is 0.0688. The summed E-state index contributed by atoms with van der Waals surface area (Å²) in [5.41, 5.74) is 2.41. The van der Waals surface area contributed by atoms with Crippen molar-refractivity contribution >= 4 is 21.9 Å². The second-order valence-corrected chi connectivity index (χ2v) is 5.40. The molecule has 0 atom stereocenters. The van der Waals surface area contributed by atoms with E-state index >= 15 is 0 Å². The second-order valence-electron chi connectivity index (χ2n) is 4.49. The molecule has 0 spiro atoms. The van der Waals surface area contributed by atoms with Gasteiger partial charge in [0.2, 0.25) is 0 Å². The highest BCUT2D eigenvalue weighted by atomic mass is 79.9. The summed E-state index contributed by atoms with van der Waals surface area (Å²) in [6.07, 6.45) is 5.19. The Morgan fingerprint density at radius 1 is 1.32 bits per heavy atom. The molecule has 4 heteroatoms. The largest absolute Gasteiger partial charge is 0.477 e. The molecule has 3 nitrogen and oxygen atoms in total. The number of halogens is 1. The van der Waals surface area contributed by atoms with Gasteiger partial charge in [-0.2, -0.15) is 0 Å². The highest BCUT2D eigenvalue weighted by Gasteiger charge is 2.12. The molecule has 0 amide bonds. The van der Waals surface area contributed by atoms with Crippen molar-refractivity contribution in [3.8, 4) is 5.69 Å². The number of carboxylic acids is 1. The van der Waals surface area contributed by atoms with E-state index in [2.05, 4.69) is 35.0 Å². The summed E-state index contributed by atoms with van der Waals surface area (Å²) in [7, 11) is 0. The fourth-order valence-corrected chi connectivity index (χ4v) is 2.43. The smallest absolute Gasteiger partial charge is 0.352 e. The van der Waals surface area contributed by atoms with Crippen LogP contribution in [0.2, 0.25) is 0 Å². The fourth-order valence-electron chi connectivity index (χ4n) is 2.01. The van der Waals surface area contributed by atoms with Crippen LogP contribution < -0.4 is 0 Å². The van der Waals surface area contributed by atoms with Crippen LogP contribution in [0.1, 0.15) is 35.8 Å². The minimum absolute atomic E-state index is 0.258. The quantitative estimate of drug-likeness (QED) is 0.893. The first-order chi connectivity index (χ1) is 9.11. The number of hydrogen-bond donors (Lipinski definition) is 1. The van der Waals surface area contributed by atoms with Crippen molar-refractivity contribution < 1.29 is 9.90 Å². The van der Waals surface area contributed by atoms with Crippen molar-refractivity contribution in [1.82, 2.24) is 4.57 Å². The zero-order chi connectivity index (χ0) is 13.8. The average Bonchev–Trinajstić information content (AvgIpc) is 2.79. The standard InChI is InChI=1S/C15H16BrNO2/c1-2-3-4-11-5-7-13(8-6-11)17-10-12(16)9-14(17)15(18)19/h5-10H,2-4H2,1H3,(H,18,19). The fraction of sp³-hybridized carbons (Fsp3) is 0.267. The van der Waals surface area contributed by atoms with Crippen molar-refractivity contribution in [2.45, 2.75) is 26.2 Å². The Labute approximate surface area is 121 Å². The van der Waals surface area contributed by atoms with E-state index in [0.29, 0.717) is 0 Å². The third-order valence-electron chi connectivity index (χ3n) is 3.04. The van der Waals surface area contributed by atoms with Gasteiger partial charge in [0.1, 0.15) is 5.69 Å². The van der Waals surface area contributed by atoms with Crippen molar-refractivity contribution in [3.63, 3.8) is 0 Å². The van der Waals surface area contributed by atoms with Crippen LogP contribution in [-0.2, 0) is 6.42 Å². The van der Waals surface area contributed by atoms with Crippen LogP contribution in [0.4, 0.5) is 0 Å². The van der Waals surface area contributed by atoms with Gasteiger partial charge in [-0.05, 0) is 52.5 Å². The number of unbranched alkanes of at least 4 members (excludes halogenated alkanes) is 1. The minimum Gasteiger partial charge on any atom is -0.477 e. The van der Waals surface area contributed by atoms with E-state index in [-0.39, 0.29) is 5.69 Å². The molecule has 0 saturated heterocycles. The molecule has 0 saturated carbocycles. The Balaban J connectivity index is 2.29. The minimum atomic E-state index is -0.930. The first kappa shape index (κ1) is 13.9. The van der Waals surface area contributed by atoms with Gasteiger partial charge >= 0.3 is 5.97 Å². The number of aromatic carboxylic acids is 1. The Hall–Kier alpha value is -1.55.